The molecule has 8 nitrogen and oxygen atoms in total. The number of anilines is 1. The number of rotatable bonds is 6. The van der Waals surface area contributed by atoms with Crippen molar-refractivity contribution in [3.8, 4) is 5.75 Å². The SMILES string of the molecule is CCc1nc2scc(C(=O)O)c2c(=O)n1C(C)C(=O)Nc1ccccc1OC. The molecule has 0 aliphatic carbocycles. The quantitative estimate of drug-likeness (QED) is 0.657. The van der Waals surface area contributed by atoms with Gasteiger partial charge >= 0.3 is 5.97 Å². The maximum Gasteiger partial charge on any atom is 0.337 e. The van der Waals surface area contributed by atoms with Crippen LogP contribution >= 0.6 is 11.3 Å². The smallest absolute Gasteiger partial charge is 0.337 e. The first kappa shape index (κ1) is 19.6. The van der Waals surface area contributed by atoms with Crippen LogP contribution in [-0.2, 0) is 11.2 Å². The number of ether oxygens (including phenoxy) is 1. The highest BCUT2D eigenvalue weighted by molar-refractivity contribution is 7.17. The van der Waals surface area contributed by atoms with Gasteiger partial charge in [-0.25, -0.2) is 9.78 Å². The number of para-hydroxylation sites is 2. The molecule has 9 heteroatoms. The van der Waals surface area contributed by atoms with Gasteiger partial charge in [-0.15, -0.1) is 11.3 Å². The lowest BCUT2D eigenvalue weighted by molar-refractivity contribution is -0.119. The van der Waals surface area contributed by atoms with Gasteiger partial charge in [-0.3, -0.25) is 14.2 Å². The molecule has 2 N–H and O–H groups in total. The van der Waals surface area contributed by atoms with E-state index in [-0.39, 0.29) is 10.9 Å². The highest BCUT2D eigenvalue weighted by Crippen LogP contribution is 2.26. The Morgan fingerprint density at radius 2 is 2.07 bits per heavy atom. The Morgan fingerprint density at radius 1 is 1.36 bits per heavy atom. The third-order valence-corrected chi connectivity index (χ3v) is 5.26. The number of thiophene rings is 1. The van der Waals surface area contributed by atoms with Gasteiger partial charge in [0, 0.05) is 11.8 Å². The summed E-state index contributed by atoms with van der Waals surface area (Å²) in [5.74, 6) is -0.730. The molecule has 1 aromatic carbocycles. The number of carboxylic acids is 1. The summed E-state index contributed by atoms with van der Waals surface area (Å²) in [5.41, 5.74) is -0.168. The van der Waals surface area contributed by atoms with Crippen molar-refractivity contribution in [3.63, 3.8) is 0 Å². The van der Waals surface area contributed by atoms with Crippen molar-refractivity contribution in [2.24, 2.45) is 0 Å². The molecule has 1 amide bonds. The Hall–Kier alpha value is -3.20. The molecule has 0 aliphatic heterocycles. The Bertz CT molecular complexity index is 1120. The zero-order chi connectivity index (χ0) is 20.4. The number of aromatic nitrogens is 2. The molecule has 0 spiro atoms. The minimum absolute atomic E-state index is 0.0200. The predicted molar refractivity (Wildman–Crippen MR) is 107 cm³/mol. The Morgan fingerprint density at radius 3 is 2.71 bits per heavy atom. The number of aromatic carboxylic acids is 1. The number of carboxylic acid groups (broad SMARTS) is 1. The largest absolute Gasteiger partial charge is 0.495 e. The van der Waals surface area contributed by atoms with E-state index >= 15 is 0 Å². The zero-order valence-electron chi connectivity index (χ0n) is 15.6. The van der Waals surface area contributed by atoms with Crippen LogP contribution in [0.2, 0.25) is 0 Å². The fraction of sp³-hybridized carbons (Fsp3) is 0.263. The molecule has 2 heterocycles. The molecule has 0 fully saturated rings. The summed E-state index contributed by atoms with van der Waals surface area (Å²) >= 11 is 1.10. The van der Waals surface area contributed by atoms with Crippen LogP contribution in [0, 0.1) is 0 Å². The van der Waals surface area contributed by atoms with E-state index in [1.165, 1.54) is 17.1 Å². The molecule has 0 bridgehead atoms. The molecule has 3 aromatic rings. The van der Waals surface area contributed by atoms with Crippen LogP contribution < -0.4 is 15.6 Å². The average molecular weight is 401 g/mol. The van der Waals surface area contributed by atoms with Crippen LogP contribution in [0.15, 0.2) is 34.4 Å². The Kier molecular flexibility index (Phi) is 5.46. The second kappa shape index (κ2) is 7.81. The van der Waals surface area contributed by atoms with Crippen LogP contribution in [0.4, 0.5) is 5.69 Å². The summed E-state index contributed by atoms with van der Waals surface area (Å²) < 4.78 is 6.49. The van der Waals surface area contributed by atoms with Crippen molar-refractivity contribution in [3.05, 3.63) is 51.4 Å². The summed E-state index contributed by atoms with van der Waals surface area (Å²) in [6, 6.07) is 6.03. The number of carbonyl (C=O) groups is 2. The Labute approximate surface area is 164 Å². The number of aryl methyl sites for hydroxylation is 1. The first-order valence-corrected chi connectivity index (χ1v) is 9.46. The summed E-state index contributed by atoms with van der Waals surface area (Å²) in [7, 11) is 1.50. The minimum Gasteiger partial charge on any atom is -0.495 e. The number of hydrogen-bond donors (Lipinski definition) is 2. The van der Waals surface area contributed by atoms with Crippen molar-refractivity contribution in [2.75, 3.05) is 12.4 Å². The van der Waals surface area contributed by atoms with Gasteiger partial charge in [-0.1, -0.05) is 19.1 Å². The molecule has 3 rings (SSSR count). The van der Waals surface area contributed by atoms with E-state index in [9.17, 15) is 19.5 Å². The van der Waals surface area contributed by atoms with Crippen molar-refractivity contribution in [1.29, 1.82) is 0 Å². The van der Waals surface area contributed by atoms with Crippen LogP contribution in [0.5, 0.6) is 5.75 Å². The monoisotopic (exact) mass is 401 g/mol. The molecule has 0 saturated heterocycles. The van der Waals surface area contributed by atoms with E-state index in [0.717, 1.165) is 11.3 Å². The number of amides is 1. The van der Waals surface area contributed by atoms with Crippen LogP contribution in [0.3, 0.4) is 0 Å². The van der Waals surface area contributed by atoms with Gasteiger partial charge in [0.25, 0.3) is 5.56 Å². The topological polar surface area (TPSA) is 111 Å². The molecule has 1 unspecified atom stereocenters. The number of methoxy groups -OCH3 is 1. The van der Waals surface area contributed by atoms with E-state index in [2.05, 4.69) is 10.3 Å². The van der Waals surface area contributed by atoms with Gasteiger partial charge in [0.1, 0.15) is 22.4 Å². The average Bonchev–Trinajstić information content (AvgIpc) is 3.12. The van der Waals surface area contributed by atoms with Crippen molar-refractivity contribution in [2.45, 2.75) is 26.3 Å². The summed E-state index contributed by atoms with van der Waals surface area (Å²) in [6.07, 6.45) is 0.414. The van der Waals surface area contributed by atoms with E-state index in [0.29, 0.717) is 28.5 Å². The van der Waals surface area contributed by atoms with Crippen LogP contribution in [0.1, 0.15) is 36.1 Å². The second-order valence-corrected chi connectivity index (χ2v) is 6.92. The first-order valence-electron chi connectivity index (χ1n) is 8.58. The molecular formula is C19H19N3O5S. The Balaban J connectivity index is 2.07. The van der Waals surface area contributed by atoms with Gasteiger partial charge in [-0.05, 0) is 19.1 Å². The lowest BCUT2D eigenvalue weighted by Crippen LogP contribution is -2.34. The van der Waals surface area contributed by atoms with Gasteiger partial charge in [0.15, 0.2) is 0 Å². The highest BCUT2D eigenvalue weighted by Gasteiger charge is 2.25. The fourth-order valence-corrected chi connectivity index (χ4v) is 3.88. The third-order valence-electron chi connectivity index (χ3n) is 4.39. The first-order chi connectivity index (χ1) is 13.4. The third kappa shape index (κ3) is 3.36. The van der Waals surface area contributed by atoms with Gasteiger partial charge in [0.2, 0.25) is 5.91 Å². The van der Waals surface area contributed by atoms with Crippen LogP contribution in [-0.4, -0.2) is 33.6 Å². The zero-order valence-corrected chi connectivity index (χ0v) is 16.4. The number of benzene rings is 1. The summed E-state index contributed by atoms with van der Waals surface area (Å²) in [5, 5.41) is 13.5. The normalized spacial score (nSPS) is 12.0. The number of nitrogens with one attached hydrogen (secondary N) is 1. The molecule has 28 heavy (non-hydrogen) atoms. The van der Waals surface area contributed by atoms with E-state index < -0.39 is 23.5 Å². The van der Waals surface area contributed by atoms with Gasteiger partial charge in [-0.2, -0.15) is 0 Å². The number of carbonyl (C=O) groups excluding carboxylic acids is 1. The lowest BCUT2D eigenvalue weighted by Gasteiger charge is -2.19. The van der Waals surface area contributed by atoms with Crippen LogP contribution in [0.25, 0.3) is 10.2 Å². The lowest BCUT2D eigenvalue weighted by atomic mass is 10.2. The number of hydrogen-bond acceptors (Lipinski definition) is 6. The van der Waals surface area contributed by atoms with Crippen molar-refractivity contribution >= 4 is 39.1 Å². The second-order valence-electron chi connectivity index (χ2n) is 6.06. The molecule has 0 saturated carbocycles. The molecule has 0 aliphatic rings. The highest BCUT2D eigenvalue weighted by atomic mass is 32.1. The van der Waals surface area contributed by atoms with E-state index in [1.807, 2.05) is 6.92 Å². The number of fused-ring (bicyclic) bond motifs is 1. The molecular weight excluding hydrogens is 382 g/mol. The van der Waals surface area contributed by atoms with E-state index in [4.69, 9.17) is 4.74 Å². The minimum atomic E-state index is -1.20. The number of nitrogens with zero attached hydrogens (tertiary/aromatic N) is 2. The summed E-state index contributed by atoms with van der Waals surface area (Å²) in [6.45, 7) is 3.40. The van der Waals surface area contributed by atoms with E-state index in [1.54, 1.807) is 31.2 Å². The summed E-state index contributed by atoms with van der Waals surface area (Å²) in [4.78, 5) is 42.1. The molecule has 146 valence electrons. The van der Waals surface area contributed by atoms with Crippen molar-refractivity contribution < 1.29 is 19.4 Å². The fourth-order valence-electron chi connectivity index (χ4n) is 2.95. The predicted octanol–water partition coefficient (Wildman–Crippen LogP) is 2.93. The maximum atomic E-state index is 13.1. The van der Waals surface area contributed by atoms with Gasteiger partial charge < -0.3 is 15.2 Å². The molecule has 2 aromatic heterocycles. The molecule has 0 radical (unpaired) electrons. The van der Waals surface area contributed by atoms with Gasteiger partial charge in [0.05, 0.1) is 23.7 Å². The van der Waals surface area contributed by atoms with Crippen molar-refractivity contribution in [1.82, 2.24) is 9.55 Å². The standard InChI is InChI=1S/C19H19N3O5S/c1-4-14-21-17-15(11(9-28-17)19(25)26)18(24)22(14)10(2)16(23)20-12-7-5-6-8-13(12)27-3/h5-10H,4H2,1-3H3,(H,20,23)(H,25,26). The maximum absolute atomic E-state index is 13.1. The molecule has 1 atom stereocenters.